The quantitative estimate of drug-likeness (QED) is 0.938. The van der Waals surface area contributed by atoms with Crippen molar-refractivity contribution in [3.63, 3.8) is 0 Å². The Morgan fingerprint density at radius 3 is 2.50 bits per heavy atom. The zero-order valence-corrected chi connectivity index (χ0v) is 11.7. The minimum atomic E-state index is -0.841. The largest absolute Gasteiger partial charge is 0.384 e. The summed E-state index contributed by atoms with van der Waals surface area (Å²) in [5, 5.41) is 18.1. The van der Waals surface area contributed by atoms with Crippen LogP contribution in [-0.4, -0.2) is 27.2 Å². The summed E-state index contributed by atoms with van der Waals surface area (Å²) in [6.07, 6.45) is -1.30. The molecule has 0 radical (unpaired) electrons. The monoisotopic (exact) mass is 311 g/mol. The Labute approximate surface area is 114 Å². The van der Waals surface area contributed by atoms with Crippen molar-refractivity contribution in [2.45, 2.75) is 12.2 Å². The lowest BCUT2D eigenvalue weighted by atomic mass is 10.0. The van der Waals surface area contributed by atoms with Crippen LogP contribution in [0.15, 0.2) is 34.9 Å². The fraction of sp³-hybridized carbons (Fsp3) is 0.333. The molecule has 2 aromatic rings. The minimum Gasteiger partial charge on any atom is -0.384 e. The first kappa shape index (κ1) is 13.2. The third kappa shape index (κ3) is 2.45. The molecule has 18 heavy (non-hydrogen) atoms. The molecular formula is C12H14BrN3O2. The number of aryl methyl sites for hydroxylation is 1. The summed E-state index contributed by atoms with van der Waals surface area (Å²) in [5.41, 5.74) is 1.49. The molecule has 0 saturated carbocycles. The summed E-state index contributed by atoms with van der Waals surface area (Å²) in [4.78, 5) is 0. The SMILES string of the molecule is COC(c1ccccc1)C(O)c1c(Br)nnn1C. The van der Waals surface area contributed by atoms with Gasteiger partial charge in [0.2, 0.25) is 0 Å². The Morgan fingerprint density at radius 1 is 1.33 bits per heavy atom. The van der Waals surface area contributed by atoms with Crippen molar-refractivity contribution in [1.29, 1.82) is 0 Å². The van der Waals surface area contributed by atoms with Crippen LogP contribution >= 0.6 is 15.9 Å². The lowest BCUT2D eigenvalue weighted by Crippen LogP contribution is -2.16. The average Bonchev–Trinajstić information content (AvgIpc) is 2.71. The molecule has 0 fully saturated rings. The van der Waals surface area contributed by atoms with Gasteiger partial charge < -0.3 is 9.84 Å². The van der Waals surface area contributed by atoms with Crippen LogP contribution in [0, 0.1) is 0 Å². The van der Waals surface area contributed by atoms with E-state index in [4.69, 9.17) is 4.74 Å². The number of hydrogen-bond acceptors (Lipinski definition) is 4. The van der Waals surface area contributed by atoms with Gasteiger partial charge in [-0.2, -0.15) is 0 Å². The van der Waals surface area contributed by atoms with E-state index in [0.29, 0.717) is 10.3 Å². The van der Waals surface area contributed by atoms with Gasteiger partial charge >= 0.3 is 0 Å². The van der Waals surface area contributed by atoms with Gasteiger partial charge in [0.1, 0.15) is 17.9 Å². The zero-order chi connectivity index (χ0) is 13.1. The standard InChI is InChI=1S/C12H14BrN3O2/c1-16-9(12(13)14-15-16)10(17)11(18-2)8-6-4-3-5-7-8/h3-7,10-11,17H,1-2H3. The maximum Gasteiger partial charge on any atom is 0.154 e. The number of benzene rings is 1. The van der Waals surface area contributed by atoms with Gasteiger partial charge in [0.15, 0.2) is 4.60 Å². The number of aromatic nitrogens is 3. The van der Waals surface area contributed by atoms with Gasteiger partial charge in [-0.1, -0.05) is 35.5 Å². The molecule has 5 nitrogen and oxygen atoms in total. The van der Waals surface area contributed by atoms with E-state index < -0.39 is 12.2 Å². The number of hydrogen-bond donors (Lipinski definition) is 1. The molecule has 0 aliphatic rings. The van der Waals surface area contributed by atoms with Crippen molar-refractivity contribution in [3.05, 3.63) is 46.2 Å². The normalized spacial score (nSPS) is 14.4. The average molecular weight is 312 g/mol. The minimum absolute atomic E-state index is 0.459. The summed E-state index contributed by atoms with van der Waals surface area (Å²) in [6.45, 7) is 0. The fourth-order valence-corrected chi connectivity index (χ4v) is 2.45. The predicted molar refractivity (Wildman–Crippen MR) is 69.9 cm³/mol. The van der Waals surface area contributed by atoms with Crippen molar-refractivity contribution < 1.29 is 9.84 Å². The summed E-state index contributed by atoms with van der Waals surface area (Å²) in [7, 11) is 3.30. The van der Waals surface area contributed by atoms with E-state index in [1.54, 1.807) is 14.2 Å². The van der Waals surface area contributed by atoms with Gasteiger partial charge in [0.05, 0.1) is 0 Å². The molecule has 2 unspecified atom stereocenters. The number of aliphatic hydroxyl groups excluding tert-OH is 1. The summed E-state index contributed by atoms with van der Waals surface area (Å²) >= 11 is 3.28. The smallest absolute Gasteiger partial charge is 0.154 e. The topological polar surface area (TPSA) is 60.2 Å². The van der Waals surface area contributed by atoms with Gasteiger partial charge in [0, 0.05) is 14.2 Å². The van der Waals surface area contributed by atoms with Crippen molar-refractivity contribution >= 4 is 15.9 Å². The van der Waals surface area contributed by atoms with Crippen molar-refractivity contribution in [1.82, 2.24) is 15.0 Å². The van der Waals surface area contributed by atoms with Gasteiger partial charge in [-0.15, -0.1) is 5.10 Å². The first-order chi connectivity index (χ1) is 8.65. The summed E-state index contributed by atoms with van der Waals surface area (Å²) in [6, 6.07) is 9.56. The second-order valence-electron chi connectivity index (χ2n) is 3.90. The highest BCUT2D eigenvalue weighted by Crippen LogP contribution is 2.33. The predicted octanol–water partition coefficient (Wildman–Crippen LogP) is 2.00. The third-order valence-corrected chi connectivity index (χ3v) is 3.34. The molecule has 0 bridgehead atoms. The van der Waals surface area contributed by atoms with Crippen molar-refractivity contribution in [2.24, 2.45) is 7.05 Å². The van der Waals surface area contributed by atoms with Crippen LogP contribution < -0.4 is 0 Å². The molecule has 96 valence electrons. The van der Waals surface area contributed by atoms with Gasteiger partial charge in [-0.25, -0.2) is 4.68 Å². The molecule has 0 aliphatic carbocycles. The Bertz CT molecular complexity index is 496. The molecule has 6 heteroatoms. The Hall–Kier alpha value is -1.24. The number of ether oxygens (including phenoxy) is 1. The van der Waals surface area contributed by atoms with E-state index in [2.05, 4.69) is 26.2 Å². The Morgan fingerprint density at radius 2 is 2.00 bits per heavy atom. The van der Waals surface area contributed by atoms with Gasteiger partial charge in [-0.3, -0.25) is 0 Å². The van der Waals surface area contributed by atoms with E-state index in [9.17, 15) is 5.11 Å². The van der Waals surface area contributed by atoms with Gasteiger partial charge in [0.25, 0.3) is 0 Å². The van der Waals surface area contributed by atoms with Crippen LogP contribution in [0.1, 0.15) is 23.5 Å². The van der Waals surface area contributed by atoms with Crippen LogP contribution in [-0.2, 0) is 11.8 Å². The number of halogens is 1. The number of aliphatic hydroxyl groups is 1. The molecule has 2 rings (SSSR count). The van der Waals surface area contributed by atoms with E-state index >= 15 is 0 Å². The fourth-order valence-electron chi connectivity index (χ4n) is 1.89. The number of rotatable bonds is 4. The molecule has 0 aliphatic heterocycles. The highest BCUT2D eigenvalue weighted by molar-refractivity contribution is 9.10. The van der Waals surface area contributed by atoms with Crippen LogP contribution in [0.25, 0.3) is 0 Å². The number of methoxy groups -OCH3 is 1. The molecule has 1 aromatic heterocycles. The molecule has 1 aromatic carbocycles. The first-order valence-electron chi connectivity index (χ1n) is 5.46. The Kier molecular flexibility index (Phi) is 4.11. The second kappa shape index (κ2) is 5.60. The van der Waals surface area contributed by atoms with Crippen molar-refractivity contribution in [3.8, 4) is 0 Å². The summed E-state index contributed by atoms with van der Waals surface area (Å²) < 4.78 is 7.45. The molecule has 0 spiro atoms. The highest BCUT2D eigenvalue weighted by Gasteiger charge is 2.27. The zero-order valence-electron chi connectivity index (χ0n) is 10.1. The van der Waals surface area contributed by atoms with E-state index in [1.165, 1.54) is 4.68 Å². The molecular weight excluding hydrogens is 298 g/mol. The maximum absolute atomic E-state index is 10.4. The van der Waals surface area contributed by atoms with E-state index in [-0.39, 0.29) is 0 Å². The maximum atomic E-state index is 10.4. The lowest BCUT2D eigenvalue weighted by Gasteiger charge is -2.22. The lowest BCUT2D eigenvalue weighted by molar-refractivity contribution is -0.0191. The summed E-state index contributed by atoms with van der Waals surface area (Å²) in [5.74, 6) is 0. The molecule has 1 heterocycles. The first-order valence-corrected chi connectivity index (χ1v) is 6.25. The third-order valence-electron chi connectivity index (χ3n) is 2.78. The number of nitrogens with zero attached hydrogens (tertiary/aromatic N) is 3. The van der Waals surface area contributed by atoms with Crippen LogP contribution in [0.2, 0.25) is 0 Å². The molecule has 1 N–H and O–H groups in total. The highest BCUT2D eigenvalue weighted by atomic mass is 79.9. The molecule has 0 saturated heterocycles. The van der Waals surface area contributed by atoms with Crippen LogP contribution in [0.4, 0.5) is 0 Å². The van der Waals surface area contributed by atoms with E-state index in [1.807, 2.05) is 30.3 Å². The van der Waals surface area contributed by atoms with Crippen LogP contribution in [0.5, 0.6) is 0 Å². The molecule has 2 atom stereocenters. The van der Waals surface area contributed by atoms with Crippen molar-refractivity contribution in [2.75, 3.05) is 7.11 Å². The van der Waals surface area contributed by atoms with Crippen LogP contribution in [0.3, 0.4) is 0 Å². The van der Waals surface area contributed by atoms with E-state index in [0.717, 1.165) is 5.56 Å². The second-order valence-corrected chi connectivity index (χ2v) is 4.65. The molecule has 0 amide bonds. The Balaban J connectivity index is 2.34. The van der Waals surface area contributed by atoms with Gasteiger partial charge in [-0.05, 0) is 21.5 Å².